The number of nitrogens with zero attached hydrogens (tertiary/aromatic N) is 1. The molecule has 0 aromatic heterocycles. The lowest BCUT2D eigenvalue weighted by molar-refractivity contribution is -0.125. The fourth-order valence-electron chi connectivity index (χ4n) is 3.73. The molecule has 1 aliphatic rings. The molecule has 5 nitrogen and oxygen atoms in total. The Morgan fingerprint density at radius 3 is 2.32 bits per heavy atom. The zero-order chi connectivity index (χ0) is 22.0. The van der Waals surface area contributed by atoms with Gasteiger partial charge in [0.1, 0.15) is 6.04 Å². The second-order valence-corrected chi connectivity index (χ2v) is 10.5. The molecule has 1 atom stereocenters. The maximum Gasteiger partial charge on any atom is 0.244 e. The molecule has 0 spiro atoms. The largest absolute Gasteiger partial charge is 0.351 e. The van der Waals surface area contributed by atoms with Crippen molar-refractivity contribution in [2.75, 3.05) is 0 Å². The Morgan fingerprint density at radius 2 is 1.65 bits per heavy atom. The predicted octanol–water partition coefficient (Wildman–Crippen LogP) is 4.19. The fourth-order valence-corrected chi connectivity index (χ4v) is 5.56. The van der Waals surface area contributed by atoms with E-state index in [4.69, 9.17) is 0 Å². The average molecular weight is 499 g/mol. The zero-order valence-corrected chi connectivity index (χ0v) is 19.5. The second-order valence-electron chi connectivity index (χ2n) is 7.70. The number of carbonyl (C=O) groups is 1. The Bertz CT molecular complexity index is 1190. The third-order valence-electron chi connectivity index (χ3n) is 5.52. The standard InChI is InChI=1S/C24H23BrN2O3S/c1-17-6-12-22(13-7-17)31(29,30)27-16-20-5-3-2-4-19(20)14-23(27)24(28)26-15-18-8-10-21(25)11-9-18/h2-13,23H,14-16H2,1H3,(H,26,28)/t23-/m1/s1. The van der Waals surface area contributed by atoms with Crippen molar-refractivity contribution in [1.29, 1.82) is 0 Å². The summed E-state index contributed by atoms with van der Waals surface area (Å²) in [5.41, 5.74) is 3.85. The summed E-state index contributed by atoms with van der Waals surface area (Å²) in [5, 5.41) is 2.92. The molecule has 3 aromatic carbocycles. The lowest BCUT2D eigenvalue weighted by Gasteiger charge is -2.35. The maximum absolute atomic E-state index is 13.5. The van der Waals surface area contributed by atoms with Crippen molar-refractivity contribution in [3.8, 4) is 0 Å². The van der Waals surface area contributed by atoms with E-state index >= 15 is 0 Å². The number of sulfonamides is 1. The highest BCUT2D eigenvalue weighted by molar-refractivity contribution is 9.10. The van der Waals surface area contributed by atoms with Crippen LogP contribution in [0.4, 0.5) is 0 Å². The van der Waals surface area contributed by atoms with E-state index in [-0.39, 0.29) is 17.3 Å². The lowest BCUT2D eigenvalue weighted by Crippen LogP contribution is -2.52. The summed E-state index contributed by atoms with van der Waals surface area (Å²) in [4.78, 5) is 13.4. The first-order chi connectivity index (χ1) is 14.8. The lowest BCUT2D eigenvalue weighted by atomic mass is 9.95. The third-order valence-corrected chi connectivity index (χ3v) is 7.91. The Labute approximate surface area is 191 Å². The van der Waals surface area contributed by atoms with Crippen molar-refractivity contribution in [2.24, 2.45) is 0 Å². The van der Waals surface area contributed by atoms with Gasteiger partial charge in [0, 0.05) is 17.6 Å². The molecule has 1 aliphatic heterocycles. The molecule has 4 rings (SSSR count). The van der Waals surface area contributed by atoms with E-state index in [0.29, 0.717) is 13.0 Å². The van der Waals surface area contributed by atoms with E-state index in [9.17, 15) is 13.2 Å². The van der Waals surface area contributed by atoms with Crippen LogP contribution in [-0.2, 0) is 34.3 Å². The molecular weight excluding hydrogens is 476 g/mol. The fraction of sp³-hybridized carbons (Fsp3) is 0.208. The number of fused-ring (bicyclic) bond motifs is 1. The average Bonchev–Trinajstić information content (AvgIpc) is 2.78. The first-order valence-corrected chi connectivity index (χ1v) is 12.3. The van der Waals surface area contributed by atoms with Gasteiger partial charge in [-0.2, -0.15) is 4.31 Å². The van der Waals surface area contributed by atoms with E-state index in [1.165, 1.54) is 4.31 Å². The highest BCUT2D eigenvalue weighted by atomic mass is 79.9. The number of nitrogens with one attached hydrogen (secondary N) is 1. The molecule has 1 N–H and O–H groups in total. The quantitative estimate of drug-likeness (QED) is 0.573. The summed E-state index contributed by atoms with van der Waals surface area (Å²) in [6.07, 6.45) is 0.341. The molecule has 1 heterocycles. The molecule has 0 unspecified atom stereocenters. The topological polar surface area (TPSA) is 66.5 Å². The van der Waals surface area contributed by atoms with Crippen LogP contribution in [-0.4, -0.2) is 24.7 Å². The summed E-state index contributed by atoms with van der Waals surface area (Å²) >= 11 is 3.40. The molecule has 3 aromatic rings. The van der Waals surface area contributed by atoms with E-state index in [1.807, 2.05) is 55.5 Å². The Kier molecular flexibility index (Phi) is 6.27. The van der Waals surface area contributed by atoms with Crippen LogP contribution < -0.4 is 5.32 Å². The van der Waals surface area contributed by atoms with Gasteiger partial charge in [0.25, 0.3) is 0 Å². The maximum atomic E-state index is 13.5. The van der Waals surface area contributed by atoms with Crippen LogP contribution in [0.1, 0.15) is 22.3 Å². The molecule has 31 heavy (non-hydrogen) atoms. The van der Waals surface area contributed by atoms with Gasteiger partial charge in [-0.05, 0) is 54.3 Å². The summed E-state index contributed by atoms with van der Waals surface area (Å²) < 4.78 is 29.2. The normalized spacial score (nSPS) is 16.5. The van der Waals surface area contributed by atoms with Gasteiger partial charge in [0.05, 0.1) is 4.90 Å². The molecule has 7 heteroatoms. The minimum atomic E-state index is -3.84. The van der Waals surface area contributed by atoms with Crippen molar-refractivity contribution >= 4 is 31.9 Å². The van der Waals surface area contributed by atoms with Gasteiger partial charge in [-0.3, -0.25) is 4.79 Å². The van der Waals surface area contributed by atoms with Crippen LogP contribution in [0.3, 0.4) is 0 Å². The van der Waals surface area contributed by atoms with Crippen LogP contribution >= 0.6 is 15.9 Å². The Balaban J connectivity index is 1.63. The number of hydrogen-bond acceptors (Lipinski definition) is 3. The first-order valence-electron chi connectivity index (χ1n) is 10.0. The van der Waals surface area contributed by atoms with E-state index in [1.54, 1.807) is 24.3 Å². The predicted molar refractivity (Wildman–Crippen MR) is 124 cm³/mol. The van der Waals surface area contributed by atoms with Gasteiger partial charge in [-0.15, -0.1) is 0 Å². The summed E-state index contributed by atoms with van der Waals surface area (Å²) in [6, 6.07) is 21.3. The minimum absolute atomic E-state index is 0.169. The zero-order valence-electron chi connectivity index (χ0n) is 17.1. The molecule has 0 bridgehead atoms. The van der Waals surface area contributed by atoms with Crippen LogP contribution in [0.2, 0.25) is 0 Å². The number of aryl methyl sites for hydroxylation is 1. The molecule has 160 valence electrons. The van der Waals surface area contributed by atoms with Crippen LogP contribution in [0.15, 0.2) is 82.2 Å². The number of benzene rings is 3. The van der Waals surface area contributed by atoms with Crippen molar-refractivity contribution < 1.29 is 13.2 Å². The van der Waals surface area contributed by atoms with E-state index in [0.717, 1.165) is 26.7 Å². The number of carbonyl (C=O) groups excluding carboxylic acids is 1. The summed E-state index contributed by atoms with van der Waals surface area (Å²) in [6.45, 7) is 2.41. The Morgan fingerprint density at radius 1 is 1.00 bits per heavy atom. The SMILES string of the molecule is Cc1ccc(S(=O)(=O)N2Cc3ccccc3C[C@@H]2C(=O)NCc2ccc(Br)cc2)cc1. The number of halogens is 1. The van der Waals surface area contributed by atoms with Crippen molar-refractivity contribution in [1.82, 2.24) is 9.62 Å². The highest BCUT2D eigenvalue weighted by Gasteiger charge is 2.39. The van der Waals surface area contributed by atoms with Gasteiger partial charge in [0.2, 0.25) is 15.9 Å². The second kappa shape index (κ2) is 8.94. The van der Waals surface area contributed by atoms with Gasteiger partial charge < -0.3 is 5.32 Å². The number of hydrogen-bond donors (Lipinski definition) is 1. The van der Waals surface area contributed by atoms with Crippen molar-refractivity contribution in [2.45, 2.75) is 37.4 Å². The van der Waals surface area contributed by atoms with Crippen LogP contribution in [0.5, 0.6) is 0 Å². The third kappa shape index (κ3) is 4.74. The van der Waals surface area contributed by atoms with Crippen molar-refractivity contribution in [3.05, 3.63) is 99.5 Å². The smallest absolute Gasteiger partial charge is 0.244 e. The highest BCUT2D eigenvalue weighted by Crippen LogP contribution is 2.29. The van der Waals surface area contributed by atoms with Gasteiger partial charge in [-0.1, -0.05) is 70.0 Å². The molecular formula is C24H23BrN2O3S. The molecule has 0 saturated carbocycles. The van der Waals surface area contributed by atoms with Gasteiger partial charge >= 0.3 is 0 Å². The number of amides is 1. The Hall–Kier alpha value is -2.48. The van der Waals surface area contributed by atoms with E-state index in [2.05, 4.69) is 21.2 Å². The van der Waals surface area contributed by atoms with E-state index < -0.39 is 16.1 Å². The monoisotopic (exact) mass is 498 g/mol. The minimum Gasteiger partial charge on any atom is -0.351 e. The number of rotatable bonds is 5. The molecule has 0 fully saturated rings. The van der Waals surface area contributed by atoms with Crippen LogP contribution in [0, 0.1) is 6.92 Å². The summed E-state index contributed by atoms with van der Waals surface area (Å²) in [5.74, 6) is -0.298. The first kappa shape index (κ1) is 21.7. The molecule has 0 aliphatic carbocycles. The van der Waals surface area contributed by atoms with Gasteiger partial charge in [-0.25, -0.2) is 8.42 Å². The summed E-state index contributed by atoms with van der Waals surface area (Å²) in [7, 11) is -3.84. The van der Waals surface area contributed by atoms with Crippen LogP contribution in [0.25, 0.3) is 0 Å². The molecule has 0 saturated heterocycles. The van der Waals surface area contributed by atoms with Crippen molar-refractivity contribution in [3.63, 3.8) is 0 Å². The molecule has 1 amide bonds. The van der Waals surface area contributed by atoms with Gasteiger partial charge in [0.15, 0.2) is 0 Å². The molecule has 0 radical (unpaired) electrons.